The number of hydrogen-bond donors (Lipinski definition) is 2. The van der Waals surface area contributed by atoms with Gasteiger partial charge in [0.1, 0.15) is 12.4 Å². The SMILES string of the molecule is NC(=O)N(O)C1CCCc2ccc3cc(OCc4ccccc4)ccc3c21. The highest BCUT2D eigenvalue weighted by atomic mass is 16.5. The van der Waals surface area contributed by atoms with E-state index in [1.54, 1.807) is 0 Å². The minimum atomic E-state index is -0.826. The quantitative estimate of drug-likeness (QED) is 0.527. The lowest BCUT2D eigenvalue weighted by atomic mass is 9.84. The van der Waals surface area contributed by atoms with Crippen molar-refractivity contribution in [1.29, 1.82) is 0 Å². The van der Waals surface area contributed by atoms with Crippen LogP contribution in [0.25, 0.3) is 10.8 Å². The maximum Gasteiger partial charge on any atom is 0.339 e. The highest BCUT2D eigenvalue weighted by Gasteiger charge is 2.29. The summed E-state index contributed by atoms with van der Waals surface area (Å²) in [5.74, 6) is 0.786. The summed E-state index contributed by atoms with van der Waals surface area (Å²) in [4.78, 5) is 11.5. The molecule has 1 aliphatic rings. The zero-order chi connectivity index (χ0) is 18.8. The van der Waals surface area contributed by atoms with Crippen molar-refractivity contribution in [3.05, 3.63) is 77.4 Å². The van der Waals surface area contributed by atoms with Crippen molar-refractivity contribution >= 4 is 16.8 Å². The van der Waals surface area contributed by atoms with Gasteiger partial charge in [-0.25, -0.2) is 4.79 Å². The Labute approximate surface area is 157 Å². The van der Waals surface area contributed by atoms with Crippen LogP contribution < -0.4 is 10.5 Å². The van der Waals surface area contributed by atoms with E-state index in [1.165, 1.54) is 0 Å². The molecular weight excluding hydrogens is 340 g/mol. The number of carbonyl (C=O) groups excluding carboxylic acids is 1. The number of rotatable bonds is 4. The summed E-state index contributed by atoms with van der Waals surface area (Å²) in [6, 6.07) is 18.9. The van der Waals surface area contributed by atoms with E-state index in [4.69, 9.17) is 10.5 Å². The summed E-state index contributed by atoms with van der Waals surface area (Å²) in [7, 11) is 0. The first-order valence-electron chi connectivity index (χ1n) is 9.13. The molecule has 5 heteroatoms. The number of aryl methyl sites for hydroxylation is 1. The smallest absolute Gasteiger partial charge is 0.339 e. The zero-order valence-corrected chi connectivity index (χ0v) is 15.0. The van der Waals surface area contributed by atoms with Gasteiger partial charge in [-0.2, -0.15) is 5.06 Å². The number of benzene rings is 3. The highest BCUT2D eigenvalue weighted by molar-refractivity contribution is 5.89. The van der Waals surface area contributed by atoms with E-state index >= 15 is 0 Å². The summed E-state index contributed by atoms with van der Waals surface area (Å²) in [5.41, 5.74) is 8.55. The highest BCUT2D eigenvalue weighted by Crippen LogP contribution is 2.39. The lowest BCUT2D eigenvalue weighted by Gasteiger charge is -2.31. The number of hydrogen-bond acceptors (Lipinski definition) is 3. The number of nitrogens with two attached hydrogens (primary N) is 1. The summed E-state index contributed by atoms with van der Waals surface area (Å²) < 4.78 is 5.92. The van der Waals surface area contributed by atoms with Crippen LogP contribution in [0.2, 0.25) is 0 Å². The average Bonchev–Trinajstić information content (AvgIpc) is 2.71. The van der Waals surface area contributed by atoms with E-state index in [-0.39, 0.29) is 0 Å². The molecular formula is C22H22N2O3. The lowest BCUT2D eigenvalue weighted by molar-refractivity contribution is -0.0804. The topological polar surface area (TPSA) is 75.8 Å². The number of amides is 2. The van der Waals surface area contributed by atoms with Crippen molar-refractivity contribution in [2.24, 2.45) is 5.73 Å². The standard InChI is InChI=1S/C22H22N2O3/c23-22(25)24(26)20-8-4-7-16-9-10-17-13-18(11-12-19(17)21(16)20)27-14-15-5-2-1-3-6-15/h1-3,5-6,9-13,20,26H,4,7-8,14H2,(H2,23,25). The van der Waals surface area contributed by atoms with E-state index in [1.807, 2.05) is 48.5 Å². The second-order valence-corrected chi connectivity index (χ2v) is 6.89. The van der Waals surface area contributed by atoms with Crippen LogP contribution in [-0.2, 0) is 13.0 Å². The van der Waals surface area contributed by atoms with Gasteiger partial charge in [-0.3, -0.25) is 5.21 Å². The van der Waals surface area contributed by atoms with Gasteiger partial charge in [-0.15, -0.1) is 0 Å². The van der Waals surface area contributed by atoms with Crippen LogP contribution in [0.3, 0.4) is 0 Å². The minimum Gasteiger partial charge on any atom is -0.489 e. The second kappa shape index (κ2) is 7.29. The Morgan fingerprint density at radius 1 is 1.15 bits per heavy atom. The molecule has 0 heterocycles. The summed E-state index contributed by atoms with van der Waals surface area (Å²) in [5, 5.41) is 12.9. The van der Waals surface area contributed by atoms with Crippen LogP contribution in [0.15, 0.2) is 60.7 Å². The van der Waals surface area contributed by atoms with Gasteiger partial charge in [0.15, 0.2) is 0 Å². The van der Waals surface area contributed by atoms with Crippen LogP contribution in [-0.4, -0.2) is 16.3 Å². The predicted molar refractivity (Wildman–Crippen MR) is 104 cm³/mol. The van der Waals surface area contributed by atoms with Crippen molar-refractivity contribution in [1.82, 2.24) is 5.06 Å². The molecule has 138 valence electrons. The van der Waals surface area contributed by atoms with E-state index in [0.717, 1.165) is 46.1 Å². The molecule has 0 spiro atoms. The molecule has 27 heavy (non-hydrogen) atoms. The molecule has 5 nitrogen and oxygen atoms in total. The van der Waals surface area contributed by atoms with Gasteiger partial charge >= 0.3 is 6.03 Å². The lowest BCUT2D eigenvalue weighted by Crippen LogP contribution is -2.37. The fourth-order valence-electron chi connectivity index (χ4n) is 3.85. The molecule has 4 rings (SSSR count). The Hall–Kier alpha value is -3.05. The van der Waals surface area contributed by atoms with Gasteiger partial charge in [-0.05, 0) is 58.9 Å². The Bertz CT molecular complexity index is 972. The molecule has 0 saturated heterocycles. The van der Waals surface area contributed by atoms with Gasteiger partial charge in [-0.1, -0.05) is 48.5 Å². The van der Waals surface area contributed by atoms with Gasteiger partial charge < -0.3 is 10.5 Å². The normalized spacial score (nSPS) is 16.0. The molecule has 3 aromatic carbocycles. The molecule has 1 aliphatic carbocycles. The first-order chi connectivity index (χ1) is 13.1. The third kappa shape index (κ3) is 3.46. The summed E-state index contributed by atoms with van der Waals surface area (Å²) in [6.07, 6.45) is 2.53. The van der Waals surface area contributed by atoms with Gasteiger partial charge in [0.2, 0.25) is 0 Å². The number of primary amides is 1. The fourth-order valence-corrected chi connectivity index (χ4v) is 3.85. The van der Waals surface area contributed by atoms with Crippen molar-refractivity contribution in [2.45, 2.75) is 31.9 Å². The van der Waals surface area contributed by atoms with Crippen molar-refractivity contribution < 1.29 is 14.7 Å². The number of urea groups is 1. The van der Waals surface area contributed by atoms with Gasteiger partial charge in [0.05, 0.1) is 6.04 Å². The molecule has 3 aromatic rings. The van der Waals surface area contributed by atoms with Crippen LogP contribution in [0.4, 0.5) is 4.79 Å². The van der Waals surface area contributed by atoms with Gasteiger partial charge in [0.25, 0.3) is 0 Å². The van der Waals surface area contributed by atoms with Crippen molar-refractivity contribution in [3.8, 4) is 5.75 Å². The number of nitrogens with zero attached hydrogens (tertiary/aromatic N) is 1. The molecule has 0 fully saturated rings. The first-order valence-corrected chi connectivity index (χ1v) is 9.13. The summed E-state index contributed by atoms with van der Waals surface area (Å²) >= 11 is 0. The Morgan fingerprint density at radius 3 is 2.74 bits per heavy atom. The summed E-state index contributed by atoms with van der Waals surface area (Å²) in [6.45, 7) is 0.506. The number of fused-ring (bicyclic) bond motifs is 3. The Kier molecular flexibility index (Phi) is 4.69. The van der Waals surface area contributed by atoms with Crippen LogP contribution in [0.5, 0.6) is 5.75 Å². The van der Waals surface area contributed by atoms with Crippen LogP contribution in [0.1, 0.15) is 35.6 Å². The fraction of sp³-hybridized carbons (Fsp3) is 0.227. The van der Waals surface area contributed by atoms with Crippen molar-refractivity contribution in [3.63, 3.8) is 0 Å². The Morgan fingerprint density at radius 2 is 1.96 bits per heavy atom. The molecule has 0 bridgehead atoms. The third-order valence-corrected chi connectivity index (χ3v) is 5.15. The zero-order valence-electron chi connectivity index (χ0n) is 15.0. The molecule has 0 aliphatic heterocycles. The number of hydroxylamine groups is 2. The second-order valence-electron chi connectivity index (χ2n) is 6.89. The number of ether oxygens (including phenoxy) is 1. The van der Waals surface area contributed by atoms with E-state index < -0.39 is 12.1 Å². The van der Waals surface area contributed by atoms with Crippen LogP contribution >= 0.6 is 0 Å². The molecule has 0 saturated carbocycles. The maximum atomic E-state index is 11.5. The molecule has 2 amide bonds. The van der Waals surface area contributed by atoms with E-state index in [2.05, 4.69) is 12.1 Å². The molecule has 3 N–H and O–H groups in total. The monoisotopic (exact) mass is 362 g/mol. The van der Waals surface area contributed by atoms with Crippen molar-refractivity contribution in [2.75, 3.05) is 0 Å². The molecule has 0 radical (unpaired) electrons. The number of carbonyl (C=O) groups is 1. The van der Waals surface area contributed by atoms with Crippen LogP contribution in [0, 0.1) is 0 Å². The third-order valence-electron chi connectivity index (χ3n) is 5.15. The average molecular weight is 362 g/mol. The predicted octanol–water partition coefficient (Wildman–Crippen LogP) is 4.57. The van der Waals surface area contributed by atoms with Gasteiger partial charge in [0, 0.05) is 0 Å². The molecule has 0 aromatic heterocycles. The van der Waals surface area contributed by atoms with E-state index in [9.17, 15) is 10.0 Å². The largest absolute Gasteiger partial charge is 0.489 e. The van der Waals surface area contributed by atoms with E-state index in [0.29, 0.717) is 18.1 Å². The maximum absolute atomic E-state index is 11.5. The molecule has 1 unspecified atom stereocenters. The minimum absolute atomic E-state index is 0.411. The first kappa shape index (κ1) is 17.4. The Balaban J connectivity index is 1.67. The molecule has 1 atom stereocenters.